The Labute approximate surface area is 220 Å². The lowest BCUT2D eigenvalue weighted by Crippen LogP contribution is -2.31. The molecule has 5 rings (SSSR count). The molecule has 3 aromatic carbocycles. The predicted molar refractivity (Wildman–Crippen MR) is 154 cm³/mol. The second-order valence-electron chi connectivity index (χ2n) is 11.0. The number of pyridine rings is 1. The lowest BCUT2D eigenvalue weighted by molar-refractivity contribution is 0.483. The minimum Gasteiger partial charge on any atom is -0.457 e. The first-order chi connectivity index (χ1) is 17.8. The van der Waals surface area contributed by atoms with Crippen molar-refractivity contribution in [3.8, 4) is 22.8 Å². The van der Waals surface area contributed by atoms with E-state index < -0.39 is 0 Å². The maximum Gasteiger partial charge on any atom is 0.135 e. The highest BCUT2D eigenvalue weighted by Gasteiger charge is 2.29. The molecule has 4 aromatic rings. The fraction of sp³-hybridized carbons (Fsp3) is 0.273. The van der Waals surface area contributed by atoms with Gasteiger partial charge in [0, 0.05) is 29.6 Å². The normalized spacial score (nSPS) is 15.7. The van der Waals surface area contributed by atoms with Crippen LogP contribution in [0.1, 0.15) is 45.7 Å². The van der Waals surface area contributed by atoms with E-state index in [1.807, 2.05) is 60.8 Å². The number of ether oxygens (including phenoxy) is 1. The largest absolute Gasteiger partial charge is 0.457 e. The van der Waals surface area contributed by atoms with E-state index in [0.29, 0.717) is 5.92 Å². The van der Waals surface area contributed by atoms with Gasteiger partial charge in [-0.3, -0.25) is 9.98 Å². The summed E-state index contributed by atoms with van der Waals surface area (Å²) < 4.78 is 6.31. The number of aromatic nitrogens is 1. The molecule has 2 heterocycles. The summed E-state index contributed by atoms with van der Waals surface area (Å²) in [7, 11) is 0. The van der Waals surface area contributed by atoms with Crippen LogP contribution in [0.2, 0.25) is 0 Å². The summed E-state index contributed by atoms with van der Waals surface area (Å²) in [6, 6.07) is 31.4. The first-order valence-corrected chi connectivity index (χ1v) is 13.0. The SMILES string of the molecule is CC(C)[C@H]1CN(c2ccc(C(C)(C)C)cc2)C(c2cccc(Oc3cccc(-c4ccccn4)c3)c2)=N1. The topological polar surface area (TPSA) is 37.7 Å². The lowest BCUT2D eigenvalue weighted by Gasteiger charge is -2.24. The zero-order valence-corrected chi connectivity index (χ0v) is 22.3. The molecule has 37 heavy (non-hydrogen) atoms. The van der Waals surface area contributed by atoms with Crippen molar-refractivity contribution < 1.29 is 4.74 Å². The van der Waals surface area contributed by atoms with Crippen LogP contribution >= 0.6 is 0 Å². The molecule has 0 amide bonds. The van der Waals surface area contributed by atoms with Crippen molar-refractivity contribution in [1.29, 1.82) is 0 Å². The fourth-order valence-corrected chi connectivity index (χ4v) is 4.59. The van der Waals surface area contributed by atoms with Gasteiger partial charge in [0.15, 0.2) is 0 Å². The third-order valence-electron chi connectivity index (χ3n) is 6.85. The van der Waals surface area contributed by atoms with Crippen LogP contribution in [0, 0.1) is 5.92 Å². The van der Waals surface area contributed by atoms with Gasteiger partial charge >= 0.3 is 0 Å². The van der Waals surface area contributed by atoms with Gasteiger partial charge in [-0.2, -0.15) is 0 Å². The average molecular weight is 490 g/mol. The van der Waals surface area contributed by atoms with Crippen LogP contribution < -0.4 is 9.64 Å². The van der Waals surface area contributed by atoms with E-state index in [1.165, 1.54) is 11.3 Å². The molecule has 4 nitrogen and oxygen atoms in total. The Bertz CT molecular complexity index is 1390. The molecule has 1 atom stereocenters. The van der Waals surface area contributed by atoms with Crippen molar-refractivity contribution in [2.75, 3.05) is 11.4 Å². The second-order valence-corrected chi connectivity index (χ2v) is 11.0. The van der Waals surface area contributed by atoms with Crippen LogP contribution in [0.3, 0.4) is 0 Å². The molecule has 0 aliphatic carbocycles. The van der Waals surface area contributed by atoms with E-state index in [1.54, 1.807) is 0 Å². The van der Waals surface area contributed by atoms with Crippen LogP contribution in [0.4, 0.5) is 5.69 Å². The summed E-state index contributed by atoms with van der Waals surface area (Å²) in [5.41, 5.74) is 5.64. The highest BCUT2D eigenvalue weighted by Crippen LogP contribution is 2.32. The third-order valence-corrected chi connectivity index (χ3v) is 6.85. The summed E-state index contributed by atoms with van der Waals surface area (Å²) in [6.45, 7) is 12.1. The molecule has 0 bridgehead atoms. The Hall–Kier alpha value is -3.92. The minimum atomic E-state index is 0.125. The molecule has 0 unspecified atom stereocenters. The van der Waals surface area contributed by atoms with Crippen molar-refractivity contribution in [2.45, 2.75) is 46.1 Å². The standard InChI is InChI=1S/C33H35N3O/c1-23(2)31-22-36(27-17-15-26(16-18-27)33(3,4)5)32(35-31)25-11-9-13-29(21-25)37-28-12-8-10-24(20-28)30-14-6-7-19-34-30/h6-21,23,31H,22H2,1-5H3/t31-/m1/s1. The second kappa shape index (κ2) is 10.2. The van der Waals surface area contributed by atoms with E-state index in [2.05, 4.69) is 80.9 Å². The minimum absolute atomic E-state index is 0.125. The van der Waals surface area contributed by atoms with Gasteiger partial charge in [-0.05, 0) is 65.4 Å². The van der Waals surface area contributed by atoms with Gasteiger partial charge in [-0.1, -0.05) is 77.1 Å². The number of hydrogen-bond acceptors (Lipinski definition) is 4. The molecule has 0 spiro atoms. The van der Waals surface area contributed by atoms with Crippen LogP contribution in [0.25, 0.3) is 11.3 Å². The molecule has 1 aromatic heterocycles. The molecule has 4 heteroatoms. The molecule has 1 aliphatic heterocycles. The molecular weight excluding hydrogens is 454 g/mol. The Morgan fingerprint density at radius 1 is 0.811 bits per heavy atom. The van der Waals surface area contributed by atoms with Crippen molar-refractivity contribution in [3.63, 3.8) is 0 Å². The van der Waals surface area contributed by atoms with Gasteiger partial charge in [0.2, 0.25) is 0 Å². The summed E-state index contributed by atoms with van der Waals surface area (Å²) >= 11 is 0. The molecule has 0 fully saturated rings. The molecule has 0 N–H and O–H groups in total. The summed E-state index contributed by atoms with van der Waals surface area (Å²) in [5, 5.41) is 0. The molecule has 0 saturated carbocycles. The fourth-order valence-electron chi connectivity index (χ4n) is 4.59. The molecular formula is C33H35N3O. The first-order valence-electron chi connectivity index (χ1n) is 13.0. The summed E-state index contributed by atoms with van der Waals surface area (Å²) in [5.74, 6) is 3.02. The highest BCUT2D eigenvalue weighted by atomic mass is 16.5. The zero-order chi connectivity index (χ0) is 26.0. The Kier molecular flexibility index (Phi) is 6.84. The van der Waals surface area contributed by atoms with E-state index in [4.69, 9.17) is 9.73 Å². The highest BCUT2D eigenvalue weighted by molar-refractivity contribution is 6.11. The molecule has 0 radical (unpaired) electrons. The quantitative estimate of drug-likeness (QED) is 0.274. The van der Waals surface area contributed by atoms with Gasteiger partial charge in [-0.15, -0.1) is 0 Å². The van der Waals surface area contributed by atoms with E-state index in [0.717, 1.165) is 40.7 Å². The third kappa shape index (κ3) is 5.59. The summed E-state index contributed by atoms with van der Waals surface area (Å²) in [6.07, 6.45) is 1.81. The molecule has 1 aliphatic rings. The van der Waals surface area contributed by atoms with Crippen LogP contribution in [0.5, 0.6) is 11.5 Å². The van der Waals surface area contributed by atoms with Crippen LogP contribution in [0.15, 0.2) is 102 Å². The number of aliphatic imine (C=N–C) groups is 1. The number of benzene rings is 3. The smallest absolute Gasteiger partial charge is 0.135 e. The Morgan fingerprint density at radius 2 is 1.49 bits per heavy atom. The zero-order valence-electron chi connectivity index (χ0n) is 22.3. The summed E-state index contributed by atoms with van der Waals surface area (Å²) in [4.78, 5) is 12.0. The Morgan fingerprint density at radius 3 is 2.11 bits per heavy atom. The van der Waals surface area contributed by atoms with Gasteiger partial charge in [0.05, 0.1) is 11.7 Å². The van der Waals surface area contributed by atoms with Crippen molar-refractivity contribution >= 4 is 11.5 Å². The monoisotopic (exact) mass is 489 g/mol. The van der Waals surface area contributed by atoms with E-state index in [9.17, 15) is 0 Å². The van der Waals surface area contributed by atoms with Crippen molar-refractivity contribution in [1.82, 2.24) is 4.98 Å². The van der Waals surface area contributed by atoms with Gasteiger partial charge < -0.3 is 9.64 Å². The van der Waals surface area contributed by atoms with Gasteiger partial charge in [0.1, 0.15) is 17.3 Å². The van der Waals surface area contributed by atoms with Gasteiger partial charge in [0.25, 0.3) is 0 Å². The number of rotatable bonds is 6. The van der Waals surface area contributed by atoms with Crippen molar-refractivity contribution in [3.05, 3.63) is 108 Å². The molecule has 188 valence electrons. The van der Waals surface area contributed by atoms with Crippen LogP contribution in [-0.2, 0) is 5.41 Å². The van der Waals surface area contributed by atoms with E-state index >= 15 is 0 Å². The number of anilines is 1. The Balaban J connectivity index is 1.43. The molecule has 0 saturated heterocycles. The first kappa shape index (κ1) is 24.8. The van der Waals surface area contributed by atoms with Gasteiger partial charge in [-0.25, -0.2) is 0 Å². The lowest BCUT2D eigenvalue weighted by atomic mass is 9.87. The number of hydrogen-bond donors (Lipinski definition) is 0. The number of amidine groups is 1. The maximum atomic E-state index is 6.31. The van der Waals surface area contributed by atoms with Crippen molar-refractivity contribution in [2.24, 2.45) is 10.9 Å². The van der Waals surface area contributed by atoms with E-state index in [-0.39, 0.29) is 11.5 Å². The van der Waals surface area contributed by atoms with Crippen LogP contribution in [-0.4, -0.2) is 23.4 Å². The number of nitrogens with zero attached hydrogens (tertiary/aromatic N) is 3. The maximum absolute atomic E-state index is 6.31. The predicted octanol–water partition coefficient (Wildman–Crippen LogP) is 8.13. The average Bonchev–Trinajstić information content (AvgIpc) is 3.35.